The largest absolute Gasteiger partial charge is 0.288 e. The number of halogens is 3. The van der Waals surface area contributed by atoms with Gasteiger partial charge in [-0.15, -0.1) is 0 Å². The summed E-state index contributed by atoms with van der Waals surface area (Å²) in [6.45, 7) is 0.765. The average Bonchev–Trinajstić information content (AvgIpc) is 1.86. The fourth-order valence-corrected chi connectivity index (χ4v) is 0.996. The molecule has 60 valence electrons. The molecule has 0 spiro atoms. The standard InChI is InChI=1S/C7H6ClF2N/c1-7(9,10)6-5(8)3-2-4-11-6/h2-4H,1H3. The van der Waals surface area contributed by atoms with E-state index in [1.54, 1.807) is 0 Å². The van der Waals surface area contributed by atoms with Crippen molar-refractivity contribution in [3.63, 3.8) is 0 Å². The Morgan fingerprint density at radius 1 is 1.55 bits per heavy atom. The Bertz CT molecular complexity index is 257. The lowest BCUT2D eigenvalue weighted by atomic mass is 10.2. The lowest BCUT2D eigenvalue weighted by molar-refractivity contribution is 0.0129. The molecule has 0 aliphatic carbocycles. The molecule has 1 heterocycles. The highest BCUT2D eigenvalue weighted by molar-refractivity contribution is 6.31. The predicted octanol–water partition coefficient (Wildman–Crippen LogP) is 2.85. The van der Waals surface area contributed by atoms with E-state index in [9.17, 15) is 8.78 Å². The van der Waals surface area contributed by atoms with Crippen LogP contribution >= 0.6 is 11.6 Å². The first-order chi connectivity index (χ1) is 5.02. The van der Waals surface area contributed by atoms with Gasteiger partial charge in [-0.2, -0.15) is 8.78 Å². The number of pyridine rings is 1. The quantitative estimate of drug-likeness (QED) is 0.643. The van der Waals surface area contributed by atoms with E-state index in [0.717, 1.165) is 6.92 Å². The maximum Gasteiger partial charge on any atom is 0.288 e. The van der Waals surface area contributed by atoms with Gasteiger partial charge in [-0.1, -0.05) is 11.6 Å². The molecule has 1 aromatic rings. The maximum absolute atomic E-state index is 12.6. The van der Waals surface area contributed by atoms with Crippen LogP contribution in [0.15, 0.2) is 18.3 Å². The highest BCUT2D eigenvalue weighted by atomic mass is 35.5. The smallest absolute Gasteiger partial charge is 0.253 e. The Morgan fingerprint density at radius 3 is 2.55 bits per heavy atom. The fourth-order valence-electron chi connectivity index (χ4n) is 0.709. The van der Waals surface area contributed by atoms with Gasteiger partial charge in [0.1, 0.15) is 5.69 Å². The van der Waals surface area contributed by atoms with Gasteiger partial charge in [0.05, 0.1) is 5.02 Å². The summed E-state index contributed by atoms with van der Waals surface area (Å²) in [6, 6.07) is 2.90. The van der Waals surface area contributed by atoms with Crippen LogP contribution in [0.3, 0.4) is 0 Å². The zero-order chi connectivity index (χ0) is 8.48. The first-order valence-corrected chi connectivity index (χ1v) is 3.38. The third kappa shape index (κ3) is 1.87. The molecule has 0 bridgehead atoms. The van der Waals surface area contributed by atoms with E-state index in [-0.39, 0.29) is 10.7 Å². The summed E-state index contributed by atoms with van der Waals surface area (Å²) in [5, 5.41) is 0.000000000000000222. The minimum atomic E-state index is -2.96. The van der Waals surface area contributed by atoms with Crippen molar-refractivity contribution in [2.75, 3.05) is 0 Å². The van der Waals surface area contributed by atoms with Gasteiger partial charge in [-0.05, 0) is 12.1 Å². The van der Waals surface area contributed by atoms with Crippen LogP contribution in [-0.2, 0) is 5.92 Å². The number of hydrogen-bond acceptors (Lipinski definition) is 1. The van der Waals surface area contributed by atoms with E-state index in [0.29, 0.717) is 0 Å². The summed E-state index contributed by atoms with van der Waals surface area (Å²) in [6.07, 6.45) is 1.29. The van der Waals surface area contributed by atoms with Crippen LogP contribution in [0.1, 0.15) is 12.6 Å². The lowest BCUT2D eigenvalue weighted by Crippen LogP contribution is -2.09. The van der Waals surface area contributed by atoms with Gasteiger partial charge in [-0.3, -0.25) is 4.98 Å². The fraction of sp³-hybridized carbons (Fsp3) is 0.286. The van der Waals surface area contributed by atoms with Gasteiger partial charge in [0, 0.05) is 13.1 Å². The number of rotatable bonds is 1. The van der Waals surface area contributed by atoms with Crippen LogP contribution in [0.5, 0.6) is 0 Å². The van der Waals surface area contributed by atoms with Gasteiger partial charge in [0.25, 0.3) is 5.92 Å². The SMILES string of the molecule is CC(F)(F)c1ncccc1Cl. The summed E-state index contributed by atoms with van der Waals surface area (Å²) < 4.78 is 25.1. The molecule has 1 aromatic heterocycles. The summed E-state index contributed by atoms with van der Waals surface area (Å²) in [5.74, 6) is -2.96. The molecule has 0 aliphatic heterocycles. The second-order valence-corrected chi connectivity index (χ2v) is 2.63. The van der Waals surface area contributed by atoms with E-state index in [1.165, 1.54) is 18.3 Å². The van der Waals surface area contributed by atoms with Crippen LogP contribution in [0, 0.1) is 0 Å². The molecule has 0 aromatic carbocycles. The van der Waals surface area contributed by atoms with Crippen LogP contribution in [0.25, 0.3) is 0 Å². The van der Waals surface area contributed by atoms with Crippen LogP contribution in [0.2, 0.25) is 5.02 Å². The molecule has 0 N–H and O–H groups in total. The molecule has 1 nitrogen and oxygen atoms in total. The van der Waals surface area contributed by atoms with Crippen molar-refractivity contribution >= 4 is 11.6 Å². The van der Waals surface area contributed by atoms with E-state index < -0.39 is 5.92 Å². The third-order valence-corrected chi connectivity index (χ3v) is 1.48. The lowest BCUT2D eigenvalue weighted by Gasteiger charge is -2.09. The van der Waals surface area contributed by atoms with E-state index in [2.05, 4.69) is 4.98 Å². The molecule has 0 atom stereocenters. The number of alkyl halides is 2. The first-order valence-electron chi connectivity index (χ1n) is 3.00. The van der Waals surface area contributed by atoms with Crippen LogP contribution in [-0.4, -0.2) is 4.98 Å². The predicted molar refractivity (Wildman–Crippen MR) is 38.8 cm³/mol. The Hall–Kier alpha value is -0.700. The van der Waals surface area contributed by atoms with E-state index >= 15 is 0 Å². The van der Waals surface area contributed by atoms with Crippen molar-refractivity contribution in [1.82, 2.24) is 4.98 Å². The van der Waals surface area contributed by atoms with Crippen molar-refractivity contribution < 1.29 is 8.78 Å². The topological polar surface area (TPSA) is 12.9 Å². The Balaban J connectivity index is 3.14. The molecule has 0 aliphatic rings. The van der Waals surface area contributed by atoms with Gasteiger partial charge >= 0.3 is 0 Å². The highest BCUT2D eigenvalue weighted by Crippen LogP contribution is 2.30. The molecule has 0 radical (unpaired) electrons. The molecule has 0 fully saturated rings. The minimum Gasteiger partial charge on any atom is -0.253 e. The van der Waals surface area contributed by atoms with Crippen molar-refractivity contribution in [2.45, 2.75) is 12.8 Å². The van der Waals surface area contributed by atoms with Gasteiger partial charge in [0.15, 0.2) is 0 Å². The Labute approximate surface area is 68.0 Å². The van der Waals surface area contributed by atoms with Crippen LogP contribution in [0.4, 0.5) is 8.78 Å². The van der Waals surface area contributed by atoms with Gasteiger partial charge in [-0.25, -0.2) is 0 Å². The van der Waals surface area contributed by atoms with Crippen LogP contribution < -0.4 is 0 Å². The molecule has 4 heteroatoms. The molecule has 0 unspecified atom stereocenters. The molecule has 1 rings (SSSR count). The molecule has 0 saturated carbocycles. The number of hydrogen-bond donors (Lipinski definition) is 0. The summed E-state index contributed by atoms with van der Waals surface area (Å²) in [4.78, 5) is 3.47. The normalized spacial score (nSPS) is 11.6. The molecule has 11 heavy (non-hydrogen) atoms. The number of nitrogens with zero attached hydrogens (tertiary/aromatic N) is 1. The van der Waals surface area contributed by atoms with E-state index in [1.807, 2.05) is 0 Å². The van der Waals surface area contributed by atoms with Crippen molar-refractivity contribution in [3.05, 3.63) is 29.0 Å². The van der Waals surface area contributed by atoms with Gasteiger partial charge < -0.3 is 0 Å². The highest BCUT2D eigenvalue weighted by Gasteiger charge is 2.28. The number of aromatic nitrogens is 1. The summed E-state index contributed by atoms with van der Waals surface area (Å²) in [5.41, 5.74) is -0.373. The molecule has 0 saturated heterocycles. The summed E-state index contributed by atoms with van der Waals surface area (Å²) >= 11 is 5.47. The molecule has 0 amide bonds. The van der Waals surface area contributed by atoms with Gasteiger partial charge in [0.2, 0.25) is 0 Å². The second kappa shape index (κ2) is 2.74. The van der Waals surface area contributed by atoms with E-state index in [4.69, 9.17) is 11.6 Å². The monoisotopic (exact) mass is 177 g/mol. The summed E-state index contributed by atoms with van der Waals surface area (Å²) in [7, 11) is 0. The Kier molecular flexibility index (Phi) is 2.09. The zero-order valence-electron chi connectivity index (χ0n) is 5.81. The molecular weight excluding hydrogens is 172 g/mol. The average molecular weight is 178 g/mol. The molecular formula is C7H6ClF2N. The Morgan fingerprint density at radius 2 is 2.18 bits per heavy atom. The van der Waals surface area contributed by atoms with Crippen molar-refractivity contribution in [2.24, 2.45) is 0 Å². The maximum atomic E-state index is 12.6. The third-order valence-electron chi connectivity index (χ3n) is 1.17. The first kappa shape index (κ1) is 8.40. The zero-order valence-corrected chi connectivity index (χ0v) is 6.57. The van der Waals surface area contributed by atoms with Crippen molar-refractivity contribution in [3.8, 4) is 0 Å². The second-order valence-electron chi connectivity index (χ2n) is 2.22. The minimum absolute atomic E-state index is 0.000000000000000222. The van der Waals surface area contributed by atoms with Crippen molar-refractivity contribution in [1.29, 1.82) is 0 Å².